The molecule has 0 heterocycles. The number of benzene rings is 2. The summed E-state index contributed by atoms with van der Waals surface area (Å²) in [5, 5.41) is 2.87. The van der Waals surface area contributed by atoms with Gasteiger partial charge in [-0.05, 0) is 68.1 Å². The van der Waals surface area contributed by atoms with Crippen molar-refractivity contribution in [2.45, 2.75) is 53.1 Å². The van der Waals surface area contributed by atoms with Gasteiger partial charge < -0.3 is 15.0 Å². The molecule has 2 aromatic rings. The van der Waals surface area contributed by atoms with Crippen LogP contribution in [-0.4, -0.2) is 35.9 Å². The Morgan fingerprint density at radius 3 is 2.33 bits per heavy atom. The minimum absolute atomic E-state index is 0.184. The highest BCUT2D eigenvalue weighted by molar-refractivity contribution is 5.87. The number of carbonyl (C=O) groups is 2. The van der Waals surface area contributed by atoms with Crippen LogP contribution in [0.15, 0.2) is 42.5 Å². The molecule has 0 bridgehead atoms. The molecule has 2 rings (SSSR count). The van der Waals surface area contributed by atoms with E-state index >= 15 is 0 Å². The van der Waals surface area contributed by atoms with Gasteiger partial charge in [0.15, 0.2) is 6.61 Å². The number of nitrogens with one attached hydrogen (secondary N) is 1. The maximum absolute atomic E-state index is 13.3. The number of carbonyl (C=O) groups excluding carboxylic acids is 2. The number of rotatable bonds is 10. The molecule has 1 atom stereocenters. The average Bonchev–Trinajstić information content (AvgIpc) is 2.70. The summed E-state index contributed by atoms with van der Waals surface area (Å²) in [6, 6.07) is 11.0. The third kappa shape index (κ3) is 7.17. The first-order chi connectivity index (χ1) is 14.3. The van der Waals surface area contributed by atoms with Crippen LogP contribution >= 0.6 is 0 Å². The number of nitrogens with zero attached hydrogens (tertiary/aromatic N) is 1. The van der Waals surface area contributed by atoms with E-state index in [1.807, 2.05) is 39.0 Å². The van der Waals surface area contributed by atoms with Crippen LogP contribution in [0.5, 0.6) is 5.75 Å². The lowest BCUT2D eigenvalue weighted by Crippen LogP contribution is -2.49. The van der Waals surface area contributed by atoms with Gasteiger partial charge in [-0.2, -0.15) is 0 Å². The summed E-state index contributed by atoms with van der Waals surface area (Å²) >= 11 is 0. The Hall–Kier alpha value is -2.89. The lowest BCUT2D eigenvalue weighted by Gasteiger charge is -2.28. The summed E-state index contributed by atoms with van der Waals surface area (Å²) in [7, 11) is 0. The van der Waals surface area contributed by atoms with Gasteiger partial charge in [0.25, 0.3) is 5.91 Å². The van der Waals surface area contributed by atoms with E-state index in [1.54, 1.807) is 19.1 Å². The fourth-order valence-corrected chi connectivity index (χ4v) is 3.15. The van der Waals surface area contributed by atoms with Crippen LogP contribution in [-0.2, 0) is 16.1 Å². The molecule has 1 N–H and O–H groups in total. The molecule has 0 saturated carbocycles. The first-order valence-corrected chi connectivity index (χ1v) is 10.3. The maximum atomic E-state index is 13.3. The molecule has 0 aliphatic heterocycles. The van der Waals surface area contributed by atoms with E-state index in [0.29, 0.717) is 12.3 Å². The van der Waals surface area contributed by atoms with E-state index in [0.717, 1.165) is 29.5 Å². The summed E-state index contributed by atoms with van der Waals surface area (Å²) in [4.78, 5) is 27.0. The second-order valence-electron chi connectivity index (χ2n) is 7.58. The topological polar surface area (TPSA) is 58.6 Å². The predicted octanol–water partition coefficient (Wildman–Crippen LogP) is 4.15. The highest BCUT2D eigenvalue weighted by atomic mass is 19.1. The van der Waals surface area contributed by atoms with Crippen molar-refractivity contribution in [1.29, 1.82) is 0 Å². The van der Waals surface area contributed by atoms with Crippen LogP contribution in [0.25, 0.3) is 0 Å². The van der Waals surface area contributed by atoms with Crippen LogP contribution < -0.4 is 10.1 Å². The van der Waals surface area contributed by atoms with Gasteiger partial charge in [0.05, 0.1) is 0 Å². The van der Waals surface area contributed by atoms with Gasteiger partial charge in [-0.25, -0.2) is 4.39 Å². The minimum atomic E-state index is -0.678. The van der Waals surface area contributed by atoms with Gasteiger partial charge in [-0.1, -0.05) is 31.5 Å². The van der Waals surface area contributed by atoms with Gasteiger partial charge in [-0.15, -0.1) is 0 Å². The van der Waals surface area contributed by atoms with Gasteiger partial charge in [0.2, 0.25) is 5.91 Å². The Morgan fingerprint density at radius 2 is 1.73 bits per heavy atom. The van der Waals surface area contributed by atoms with Gasteiger partial charge in [0, 0.05) is 13.1 Å². The molecule has 6 heteroatoms. The summed E-state index contributed by atoms with van der Waals surface area (Å²) < 4.78 is 19.0. The van der Waals surface area contributed by atoms with E-state index < -0.39 is 6.04 Å². The van der Waals surface area contributed by atoms with Crippen molar-refractivity contribution < 1.29 is 18.7 Å². The molecule has 30 heavy (non-hydrogen) atoms. The molecule has 0 aromatic heterocycles. The van der Waals surface area contributed by atoms with E-state index in [9.17, 15) is 14.0 Å². The Kier molecular flexibility index (Phi) is 8.84. The molecular formula is C24H31FN2O3. The van der Waals surface area contributed by atoms with Crippen molar-refractivity contribution in [1.82, 2.24) is 10.2 Å². The molecule has 0 aliphatic rings. The van der Waals surface area contributed by atoms with Crippen molar-refractivity contribution >= 4 is 11.8 Å². The number of hydrogen-bond acceptors (Lipinski definition) is 3. The predicted molar refractivity (Wildman–Crippen MR) is 116 cm³/mol. The molecule has 2 aromatic carbocycles. The van der Waals surface area contributed by atoms with Crippen molar-refractivity contribution in [2.24, 2.45) is 0 Å². The molecular weight excluding hydrogens is 383 g/mol. The molecule has 0 saturated heterocycles. The smallest absolute Gasteiger partial charge is 0.261 e. The van der Waals surface area contributed by atoms with Crippen LogP contribution in [0.1, 0.15) is 43.4 Å². The number of amides is 2. The van der Waals surface area contributed by atoms with Crippen LogP contribution in [0.3, 0.4) is 0 Å². The van der Waals surface area contributed by atoms with E-state index in [1.165, 1.54) is 17.0 Å². The Bertz CT molecular complexity index is 832. The lowest BCUT2D eigenvalue weighted by atomic mass is 10.1. The van der Waals surface area contributed by atoms with Crippen molar-refractivity contribution in [2.75, 3.05) is 13.2 Å². The zero-order valence-corrected chi connectivity index (χ0v) is 18.2. The monoisotopic (exact) mass is 414 g/mol. The normalized spacial score (nSPS) is 11.6. The number of aryl methyl sites for hydroxylation is 2. The molecule has 0 aliphatic carbocycles. The van der Waals surface area contributed by atoms with E-state index in [4.69, 9.17) is 4.74 Å². The quantitative estimate of drug-likeness (QED) is 0.594. The van der Waals surface area contributed by atoms with Crippen LogP contribution in [0, 0.1) is 19.7 Å². The minimum Gasteiger partial charge on any atom is -0.484 e. The second kappa shape index (κ2) is 11.3. The van der Waals surface area contributed by atoms with Gasteiger partial charge in [-0.3, -0.25) is 9.59 Å². The molecule has 5 nitrogen and oxygen atoms in total. The van der Waals surface area contributed by atoms with E-state index in [2.05, 4.69) is 5.32 Å². The third-order valence-electron chi connectivity index (χ3n) is 4.82. The van der Waals surface area contributed by atoms with E-state index in [-0.39, 0.29) is 30.8 Å². The van der Waals surface area contributed by atoms with Crippen molar-refractivity contribution in [3.05, 3.63) is 65.0 Å². The van der Waals surface area contributed by atoms with Crippen LogP contribution in [0.4, 0.5) is 4.39 Å². The van der Waals surface area contributed by atoms with Crippen molar-refractivity contribution in [3.8, 4) is 5.75 Å². The summed E-state index contributed by atoms with van der Waals surface area (Å²) in [6.45, 7) is 8.24. The molecule has 2 amide bonds. The zero-order chi connectivity index (χ0) is 22.1. The van der Waals surface area contributed by atoms with Gasteiger partial charge >= 0.3 is 0 Å². The molecule has 0 spiro atoms. The Labute approximate surface area is 178 Å². The fourth-order valence-electron chi connectivity index (χ4n) is 3.15. The third-order valence-corrected chi connectivity index (χ3v) is 4.82. The second-order valence-corrected chi connectivity index (χ2v) is 7.58. The molecule has 0 fully saturated rings. The lowest BCUT2D eigenvalue weighted by molar-refractivity contribution is -0.142. The zero-order valence-electron chi connectivity index (χ0n) is 18.2. The molecule has 162 valence electrons. The maximum Gasteiger partial charge on any atom is 0.261 e. The number of halogens is 1. The summed E-state index contributed by atoms with van der Waals surface area (Å²) in [6.07, 6.45) is 1.84. The number of ether oxygens (including phenoxy) is 1. The SMILES string of the molecule is CCCCNC(=O)[C@H](C)N(Cc1ccc(F)cc1)C(=O)COc1cc(C)cc(C)c1. The molecule has 0 radical (unpaired) electrons. The summed E-state index contributed by atoms with van der Waals surface area (Å²) in [5.41, 5.74) is 2.83. The Balaban J connectivity index is 2.12. The average molecular weight is 415 g/mol. The molecule has 0 unspecified atom stereocenters. The van der Waals surface area contributed by atoms with Crippen LogP contribution in [0.2, 0.25) is 0 Å². The largest absolute Gasteiger partial charge is 0.484 e. The number of unbranched alkanes of at least 4 members (excludes halogenated alkanes) is 1. The Morgan fingerprint density at radius 1 is 1.10 bits per heavy atom. The van der Waals surface area contributed by atoms with Crippen molar-refractivity contribution in [3.63, 3.8) is 0 Å². The highest BCUT2D eigenvalue weighted by Crippen LogP contribution is 2.17. The van der Waals surface area contributed by atoms with Gasteiger partial charge in [0.1, 0.15) is 17.6 Å². The fraction of sp³-hybridized carbons (Fsp3) is 0.417. The number of hydrogen-bond donors (Lipinski definition) is 1. The summed E-state index contributed by atoms with van der Waals surface area (Å²) in [5.74, 6) is -0.260. The highest BCUT2D eigenvalue weighted by Gasteiger charge is 2.26. The first-order valence-electron chi connectivity index (χ1n) is 10.3. The standard InChI is InChI=1S/C24H31FN2O3/c1-5-6-11-26-24(29)19(4)27(15-20-7-9-21(25)10-8-20)23(28)16-30-22-13-17(2)12-18(3)14-22/h7-10,12-14,19H,5-6,11,15-16H2,1-4H3,(H,26,29)/t19-/m0/s1. The first kappa shape index (κ1) is 23.4.